The van der Waals surface area contributed by atoms with Crippen LogP contribution in [0.15, 0.2) is 24.3 Å². The van der Waals surface area contributed by atoms with Gasteiger partial charge in [0.2, 0.25) is 0 Å². The van der Waals surface area contributed by atoms with Crippen LogP contribution in [0, 0.1) is 5.82 Å². The van der Waals surface area contributed by atoms with Gasteiger partial charge in [-0.15, -0.1) is 0 Å². The molecule has 1 aliphatic carbocycles. The number of hydrogen-bond acceptors (Lipinski definition) is 2. The molecule has 1 fully saturated rings. The highest BCUT2D eigenvalue weighted by Crippen LogP contribution is 2.20. The summed E-state index contributed by atoms with van der Waals surface area (Å²) in [5.41, 5.74) is 0.453. The van der Waals surface area contributed by atoms with E-state index < -0.39 is 0 Å². The van der Waals surface area contributed by atoms with Crippen molar-refractivity contribution in [1.82, 2.24) is 0 Å². The van der Waals surface area contributed by atoms with Crippen molar-refractivity contribution in [3.63, 3.8) is 0 Å². The minimum Gasteiger partial charge on any atom is -0.370 e. The van der Waals surface area contributed by atoms with Crippen LogP contribution >= 0.6 is 0 Å². The third kappa shape index (κ3) is 3.91. The first kappa shape index (κ1) is 13.2. The molecule has 0 aromatic heterocycles. The molecule has 0 amide bonds. The Balaban J connectivity index is 1.76. The predicted molar refractivity (Wildman–Crippen MR) is 67.9 cm³/mol. The zero-order chi connectivity index (χ0) is 12.8. The largest absolute Gasteiger partial charge is 0.370 e. The summed E-state index contributed by atoms with van der Waals surface area (Å²) >= 11 is 0. The van der Waals surface area contributed by atoms with Gasteiger partial charge in [0.1, 0.15) is 12.4 Å². The minimum absolute atomic E-state index is 0.0503. The Labute approximate surface area is 107 Å². The van der Waals surface area contributed by atoms with E-state index in [2.05, 4.69) is 0 Å². The van der Waals surface area contributed by atoms with E-state index in [-0.39, 0.29) is 30.7 Å². The summed E-state index contributed by atoms with van der Waals surface area (Å²) in [6.45, 7) is 0.110. The van der Waals surface area contributed by atoms with Crippen LogP contribution in [0.5, 0.6) is 0 Å². The maximum Gasteiger partial charge on any atom is 0.162 e. The van der Waals surface area contributed by atoms with E-state index in [4.69, 9.17) is 4.74 Å². The number of ketones is 1. The minimum atomic E-state index is -0.316. The molecular weight excluding hydrogens is 231 g/mol. The maximum atomic E-state index is 13.4. The molecule has 0 unspecified atom stereocenters. The lowest BCUT2D eigenvalue weighted by Crippen LogP contribution is -2.22. The Morgan fingerprint density at radius 1 is 1.22 bits per heavy atom. The van der Waals surface area contributed by atoms with Crippen LogP contribution < -0.4 is 0 Å². The zero-order valence-electron chi connectivity index (χ0n) is 10.5. The summed E-state index contributed by atoms with van der Waals surface area (Å²) in [5.74, 6) is -0.366. The van der Waals surface area contributed by atoms with Crippen LogP contribution in [-0.4, -0.2) is 18.5 Å². The molecule has 3 heteroatoms. The van der Waals surface area contributed by atoms with Crippen LogP contribution in [-0.2, 0) is 16.0 Å². The molecule has 0 atom stereocenters. The Kier molecular flexibility index (Phi) is 4.88. The van der Waals surface area contributed by atoms with Gasteiger partial charge in [-0.25, -0.2) is 4.39 Å². The average Bonchev–Trinajstić information content (AvgIpc) is 2.40. The zero-order valence-corrected chi connectivity index (χ0v) is 10.5. The first-order chi connectivity index (χ1) is 8.75. The molecule has 2 rings (SSSR count). The van der Waals surface area contributed by atoms with E-state index in [0.29, 0.717) is 5.56 Å². The van der Waals surface area contributed by atoms with Gasteiger partial charge < -0.3 is 4.74 Å². The van der Waals surface area contributed by atoms with E-state index in [1.54, 1.807) is 18.2 Å². The molecular formula is C15H19FO2. The summed E-state index contributed by atoms with van der Waals surface area (Å²) in [4.78, 5) is 11.7. The van der Waals surface area contributed by atoms with Gasteiger partial charge in [-0.1, -0.05) is 37.5 Å². The van der Waals surface area contributed by atoms with Crippen LogP contribution in [0.4, 0.5) is 4.39 Å². The molecule has 1 aliphatic rings. The molecule has 98 valence electrons. The molecule has 0 bridgehead atoms. The number of rotatable bonds is 5. The third-order valence-corrected chi connectivity index (χ3v) is 3.38. The van der Waals surface area contributed by atoms with Crippen LogP contribution in [0.3, 0.4) is 0 Å². The smallest absolute Gasteiger partial charge is 0.162 e. The van der Waals surface area contributed by atoms with Gasteiger partial charge in [0.15, 0.2) is 5.78 Å². The van der Waals surface area contributed by atoms with E-state index in [1.165, 1.54) is 25.3 Å². The molecule has 0 spiro atoms. The number of ether oxygens (including phenoxy) is 1. The standard InChI is InChI=1S/C15H19FO2/c16-15-9-5-4-6-12(15)10-13(17)11-18-14-7-2-1-3-8-14/h4-6,9,14H,1-3,7-8,10-11H2. The summed E-state index contributed by atoms with van der Waals surface area (Å²) < 4.78 is 18.9. The Hall–Kier alpha value is -1.22. The second-order valence-corrected chi connectivity index (χ2v) is 4.88. The number of carbonyl (C=O) groups excluding carboxylic acids is 1. The van der Waals surface area contributed by atoms with Crippen molar-refractivity contribution in [2.24, 2.45) is 0 Å². The highest BCUT2D eigenvalue weighted by Gasteiger charge is 2.15. The van der Waals surface area contributed by atoms with Gasteiger partial charge in [0.05, 0.1) is 6.10 Å². The Morgan fingerprint density at radius 3 is 2.67 bits per heavy atom. The fourth-order valence-electron chi connectivity index (χ4n) is 2.35. The summed E-state index contributed by atoms with van der Waals surface area (Å²) in [7, 11) is 0. The SMILES string of the molecule is O=C(COC1CCCCC1)Cc1ccccc1F. The molecule has 18 heavy (non-hydrogen) atoms. The van der Waals surface area contributed by atoms with Gasteiger partial charge in [0.25, 0.3) is 0 Å². The third-order valence-electron chi connectivity index (χ3n) is 3.38. The normalized spacial score (nSPS) is 16.7. The first-order valence-electron chi connectivity index (χ1n) is 6.62. The molecule has 2 nitrogen and oxygen atoms in total. The highest BCUT2D eigenvalue weighted by atomic mass is 19.1. The number of benzene rings is 1. The quantitative estimate of drug-likeness (QED) is 0.801. The van der Waals surface area contributed by atoms with Crippen molar-refractivity contribution in [2.75, 3.05) is 6.61 Å². The lowest BCUT2D eigenvalue weighted by molar-refractivity contribution is -0.125. The maximum absolute atomic E-state index is 13.4. The number of Topliss-reactive ketones (excluding diaryl/α,β-unsaturated/α-hetero) is 1. The number of carbonyl (C=O) groups is 1. The van der Waals surface area contributed by atoms with Gasteiger partial charge in [-0.05, 0) is 24.5 Å². The monoisotopic (exact) mass is 250 g/mol. The van der Waals surface area contributed by atoms with Crippen molar-refractivity contribution in [3.05, 3.63) is 35.6 Å². The van der Waals surface area contributed by atoms with Gasteiger partial charge >= 0.3 is 0 Å². The van der Waals surface area contributed by atoms with Gasteiger partial charge in [-0.2, -0.15) is 0 Å². The van der Waals surface area contributed by atoms with E-state index >= 15 is 0 Å². The van der Waals surface area contributed by atoms with Crippen molar-refractivity contribution in [1.29, 1.82) is 0 Å². The summed E-state index contributed by atoms with van der Waals surface area (Å²) in [6.07, 6.45) is 6.09. The summed E-state index contributed by atoms with van der Waals surface area (Å²) in [5, 5.41) is 0. The van der Waals surface area contributed by atoms with Crippen molar-refractivity contribution < 1.29 is 13.9 Å². The molecule has 0 aliphatic heterocycles. The van der Waals surface area contributed by atoms with E-state index in [0.717, 1.165) is 12.8 Å². The van der Waals surface area contributed by atoms with E-state index in [9.17, 15) is 9.18 Å². The van der Waals surface area contributed by atoms with Crippen LogP contribution in [0.25, 0.3) is 0 Å². The van der Waals surface area contributed by atoms with Crippen LogP contribution in [0.1, 0.15) is 37.7 Å². The fourth-order valence-corrected chi connectivity index (χ4v) is 2.35. The number of hydrogen-bond donors (Lipinski definition) is 0. The topological polar surface area (TPSA) is 26.3 Å². The van der Waals surface area contributed by atoms with Crippen molar-refractivity contribution in [2.45, 2.75) is 44.6 Å². The average molecular weight is 250 g/mol. The van der Waals surface area contributed by atoms with E-state index in [1.807, 2.05) is 0 Å². The molecule has 1 saturated carbocycles. The van der Waals surface area contributed by atoms with Crippen molar-refractivity contribution >= 4 is 5.78 Å². The Morgan fingerprint density at radius 2 is 1.94 bits per heavy atom. The molecule has 1 aromatic rings. The van der Waals surface area contributed by atoms with Gasteiger partial charge in [0, 0.05) is 6.42 Å². The van der Waals surface area contributed by atoms with Gasteiger partial charge in [-0.3, -0.25) is 4.79 Å². The first-order valence-corrected chi connectivity index (χ1v) is 6.62. The van der Waals surface area contributed by atoms with Crippen LogP contribution in [0.2, 0.25) is 0 Å². The lowest BCUT2D eigenvalue weighted by atomic mass is 9.98. The molecule has 0 heterocycles. The predicted octanol–water partition coefficient (Wildman–Crippen LogP) is 3.29. The van der Waals surface area contributed by atoms with Crippen molar-refractivity contribution in [3.8, 4) is 0 Å². The Bertz CT molecular complexity index is 397. The summed E-state index contributed by atoms with van der Waals surface area (Å²) in [6, 6.07) is 6.40. The molecule has 0 N–H and O–H groups in total. The highest BCUT2D eigenvalue weighted by molar-refractivity contribution is 5.82. The number of halogens is 1. The second-order valence-electron chi connectivity index (χ2n) is 4.88. The fraction of sp³-hybridized carbons (Fsp3) is 0.533. The second kappa shape index (κ2) is 6.64. The molecule has 0 saturated heterocycles. The lowest BCUT2D eigenvalue weighted by Gasteiger charge is -2.21. The molecule has 0 radical (unpaired) electrons. The molecule has 1 aromatic carbocycles.